The molecule has 132 valence electrons. The summed E-state index contributed by atoms with van der Waals surface area (Å²) in [5.41, 5.74) is 2.15. The van der Waals surface area contributed by atoms with Crippen molar-refractivity contribution >= 4 is 5.96 Å². The molecule has 6 nitrogen and oxygen atoms in total. The Kier molecular flexibility index (Phi) is 5.61. The van der Waals surface area contributed by atoms with E-state index in [1.807, 2.05) is 37.3 Å². The van der Waals surface area contributed by atoms with Crippen molar-refractivity contribution in [3.8, 4) is 17.2 Å². The van der Waals surface area contributed by atoms with Crippen molar-refractivity contribution in [1.82, 2.24) is 10.6 Å². The number of rotatable bonds is 6. The van der Waals surface area contributed by atoms with Crippen LogP contribution in [0.15, 0.2) is 47.5 Å². The largest absolute Gasteiger partial charge is 0.508 e. The number of fused-ring (bicyclic) bond motifs is 1. The summed E-state index contributed by atoms with van der Waals surface area (Å²) in [5.74, 6) is 2.61. The molecule has 0 aromatic heterocycles. The highest BCUT2D eigenvalue weighted by molar-refractivity contribution is 5.79. The zero-order valence-corrected chi connectivity index (χ0v) is 14.3. The molecule has 0 radical (unpaired) electrons. The molecule has 0 saturated carbocycles. The van der Waals surface area contributed by atoms with Gasteiger partial charge in [-0.05, 0) is 48.7 Å². The van der Waals surface area contributed by atoms with Gasteiger partial charge in [0, 0.05) is 13.1 Å². The van der Waals surface area contributed by atoms with Gasteiger partial charge in [0.25, 0.3) is 0 Å². The minimum atomic E-state index is 0.279. The van der Waals surface area contributed by atoms with E-state index in [2.05, 4.69) is 15.6 Å². The monoisotopic (exact) mass is 341 g/mol. The Morgan fingerprint density at radius 1 is 1.08 bits per heavy atom. The van der Waals surface area contributed by atoms with Crippen molar-refractivity contribution in [2.45, 2.75) is 19.9 Å². The summed E-state index contributed by atoms with van der Waals surface area (Å²) in [6, 6.07) is 13.2. The van der Waals surface area contributed by atoms with Gasteiger partial charge in [0.15, 0.2) is 17.5 Å². The zero-order chi connectivity index (χ0) is 17.5. The number of guanidine groups is 1. The van der Waals surface area contributed by atoms with Gasteiger partial charge in [-0.1, -0.05) is 18.2 Å². The summed E-state index contributed by atoms with van der Waals surface area (Å²) in [6.45, 7) is 4.39. The molecule has 0 saturated heterocycles. The summed E-state index contributed by atoms with van der Waals surface area (Å²) in [6.07, 6.45) is 0.808. The highest BCUT2D eigenvalue weighted by Gasteiger charge is 2.12. The lowest BCUT2D eigenvalue weighted by Crippen LogP contribution is -2.38. The molecule has 0 fully saturated rings. The standard InChI is InChI=1S/C19H23N3O3/c1-2-20-19(21-9-8-14-4-3-5-16(23)10-14)22-12-15-6-7-17-18(11-15)25-13-24-17/h3-7,10-11,23H,2,8-9,12-13H2,1H3,(H2,20,21,22). The van der Waals surface area contributed by atoms with E-state index in [1.165, 1.54) is 0 Å². The molecule has 2 aromatic carbocycles. The van der Waals surface area contributed by atoms with Gasteiger partial charge in [-0.2, -0.15) is 0 Å². The summed E-state index contributed by atoms with van der Waals surface area (Å²) in [5, 5.41) is 16.1. The van der Waals surface area contributed by atoms with E-state index < -0.39 is 0 Å². The molecule has 0 amide bonds. The second kappa shape index (κ2) is 8.28. The number of nitrogens with zero attached hydrogens (tertiary/aromatic N) is 1. The summed E-state index contributed by atoms with van der Waals surface area (Å²) >= 11 is 0. The molecule has 6 heteroatoms. The predicted octanol–water partition coefficient (Wildman–Crippen LogP) is 2.42. The minimum Gasteiger partial charge on any atom is -0.508 e. The van der Waals surface area contributed by atoms with Crippen LogP contribution in [-0.4, -0.2) is 30.9 Å². The quantitative estimate of drug-likeness (QED) is 0.556. The van der Waals surface area contributed by atoms with Crippen LogP contribution in [0.1, 0.15) is 18.1 Å². The zero-order valence-electron chi connectivity index (χ0n) is 14.3. The molecule has 3 rings (SSSR count). The minimum absolute atomic E-state index is 0.279. The topological polar surface area (TPSA) is 75.1 Å². The fourth-order valence-corrected chi connectivity index (χ4v) is 2.59. The predicted molar refractivity (Wildman–Crippen MR) is 97.2 cm³/mol. The Bertz CT molecular complexity index is 746. The highest BCUT2D eigenvalue weighted by Crippen LogP contribution is 2.32. The number of nitrogens with one attached hydrogen (secondary N) is 2. The van der Waals surface area contributed by atoms with Crippen LogP contribution in [0.2, 0.25) is 0 Å². The lowest BCUT2D eigenvalue weighted by atomic mass is 10.1. The van der Waals surface area contributed by atoms with Gasteiger partial charge in [0.1, 0.15) is 5.75 Å². The summed E-state index contributed by atoms with van der Waals surface area (Å²) in [7, 11) is 0. The van der Waals surface area contributed by atoms with Gasteiger partial charge in [-0.25, -0.2) is 4.99 Å². The van der Waals surface area contributed by atoms with Crippen LogP contribution in [0.3, 0.4) is 0 Å². The number of benzene rings is 2. The van der Waals surface area contributed by atoms with E-state index in [0.29, 0.717) is 12.3 Å². The van der Waals surface area contributed by atoms with E-state index in [0.717, 1.165) is 48.1 Å². The Morgan fingerprint density at radius 3 is 2.80 bits per heavy atom. The average molecular weight is 341 g/mol. The molecular weight excluding hydrogens is 318 g/mol. The van der Waals surface area contributed by atoms with Crippen LogP contribution >= 0.6 is 0 Å². The molecule has 25 heavy (non-hydrogen) atoms. The van der Waals surface area contributed by atoms with E-state index in [1.54, 1.807) is 12.1 Å². The van der Waals surface area contributed by atoms with Crippen LogP contribution in [0.25, 0.3) is 0 Å². The maximum absolute atomic E-state index is 9.51. The van der Waals surface area contributed by atoms with Gasteiger partial charge in [-0.15, -0.1) is 0 Å². The first kappa shape index (κ1) is 17.0. The fourth-order valence-electron chi connectivity index (χ4n) is 2.59. The molecule has 3 N–H and O–H groups in total. The maximum Gasteiger partial charge on any atom is 0.231 e. The molecule has 1 aliphatic heterocycles. The molecule has 0 spiro atoms. The summed E-state index contributed by atoms with van der Waals surface area (Å²) < 4.78 is 10.7. The first-order valence-electron chi connectivity index (χ1n) is 8.43. The number of phenols is 1. The number of hydrogen-bond acceptors (Lipinski definition) is 4. The number of phenolic OH excluding ortho intramolecular Hbond substituents is 1. The van der Waals surface area contributed by atoms with Crippen molar-refractivity contribution in [2.24, 2.45) is 4.99 Å². The lowest BCUT2D eigenvalue weighted by molar-refractivity contribution is 0.174. The van der Waals surface area contributed by atoms with Crippen LogP contribution in [0, 0.1) is 0 Å². The molecular formula is C19H23N3O3. The van der Waals surface area contributed by atoms with Crippen molar-refractivity contribution in [1.29, 1.82) is 0 Å². The third kappa shape index (κ3) is 4.79. The van der Waals surface area contributed by atoms with Crippen molar-refractivity contribution in [3.05, 3.63) is 53.6 Å². The number of aliphatic imine (C=N–C) groups is 1. The first-order valence-corrected chi connectivity index (χ1v) is 8.43. The molecule has 1 aliphatic rings. The van der Waals surface area contributed by atoms with E-state index in [9.17, 15) is 5.11 Å². The third-order valence-electron chi connectivity index (χ3n) is 3.82. The van der Waals surface area contributed by atoms with Crippen LogP contribution in [0.5, 0.6) is 17.2 Å². The Balaban J connectivity index is 1.55. The smallest absolute Gasteiger partial charge is 0.231 e. The average Bonchev–Trinajstić information content (AvgIpc) is 3.07. The molecule has 2 aromatic rings. The molecule has 0 bridgehead atoms. The van der Waals surface area contributed by atoms with Gasteiger partial charge in [0.2, 0.25) is 6.79 Å². The maximum atomic E-state index is 9.51. The first-order chi connectivity index (χ1) is 12.2. The number of hydrogen-bond donors (Lipinski definition) is 3. The lowest BCUT2D eigenvalue weighted by Gasteiger charge is -2.11. The van der Waals surface area contributed by atoms with Crippen molar-refractivity contribution in [3.63, 3.8) is 0 Å². The fraction of sp³-hybridized carbons (Fsp3) is 0.316. The second-order valence-electron chi connectivity index (χ2n) is 5.73. The van der Waals surface area contributed by atoms with E-state index in [4.69, 9.17) is 9.47 Å². The molecule has 0 atom stereocenters. The van der Waals surface area contributed by atoms with Gasteiger partial charge in [-0.3, -0.25) is 0 Å². The number of ether oxygens (including phenoxy) is 2. The molecule has 1 heterocycles. The van der Waals surface area contributed by atoms with E-state index >= 15 is 0 Å². The SMILES string of the molecule is CCNC(=NCc1ccc2c(c1)OCO2)NCCc1cccc(O)c1. The van der Waals surface area contributed by atoms with Gasteiger partial charge in [0.05, 0.1) is 6.54 Å². The Hall–Kier alpha value is -2.89. The Labute approximate surface area is 147 Å². The summed E-state index contributed by atoms with van der Waals surface area (Å²) in [4.78, 5) is 4.61. The van der Waals surface area contributed by atoms with Gasteiger partial charge >= 0.3 is 0 Å². The normalized spacial score (nSPS) is 12.9. The van der Waals surface area contributed by atoms with Crippen LogP contribution < -0.4 is 20.1 Å². The van der Waals surface area contributed by atoms with Crippen LogP contribution in [-0.2, 0) is 13.0 Å². The number of aromatic hydroxyl groups is 1. The van der Waals surface area contributed by atoms with Crippen LogP contribution in [0.4, 0.5) is 0 Å². The molecule has 0 unspecified atom stereocenters. The third-order valence-corrected chi connectivity index (χ3v) is 3.82. The second-order valence-corrected chi connectivity index (χ2v) is 5.73. The highest BCUT2D eigenvalue weighted by atomic mass is 16.7. The Morgan fingerprint density at radius 2 is 1.96 bits per heavy atom. The van der Waals surface area contributed by atoms with Crippen molar-refractivity contribution in [2.75, 3.05) is 19.9 Å². The van der Waals surface area contributed by atoms with Crippen molar-refractivity contribution < 1.29 is 14.6 Å². The van der Waals surface area contributed by atoms with Gasteiger partial charge < -0.3 is 25.2 Å². The van der Waals surface area contributed by atoms with E-state index in [-0.39, 0.29) is 6.79 Å². The molecule has 0 aliphatic carbocycles.